The highest BCUT2D eigenvalue weighted by atomic mass is 35.5. The van der Waals surface area contributed by atoms with Crippen molar-refractivity contribution in [2.45, 2.75) is 23.8 Å². The van der Waals surface area contributed by atoms with Gasteiger partial charge < -0.3 is 15.4 Å². The third kappa shape index (κ3) is 6.04. The maximum absolute atomic E-state index is 15.0. The van der Waals surface area contributed by atoms with E-state index in [4.69, 9.17) is 16.3 Å². The average molecular weight is 554 g/mol. The van der Waals surface area contributed by atoms with Gasteiger partial charge in [-0.1, -0.05) is 35.9 Å². The van der Waals surface area contributed by atoms with E-state index in [1.54, 1.807) is 36.5 Å². The maximum Gasteiger partial charge on any atom is 0.263 e. The molecule has 1 aliphatic rings. The van der Waals surface area contributed by atoms with Gasteiger partial charge in [-0.15, -0.1) is 0 Å². The molecule has 1 aromatic heterocycles. The van der Waals surface area contributed by atoms with Gasteiger partial charge in [0.1, 0.15) is 10.6 Å². The number of halogens is 2. The van der Waals surface area contributed by atoms with Gasteiger partial charge in [-0.25, -0.2) is 22.8 Å². The van der Waals surface area contributed by atoms with Gasteiger partial charge in [0.25, 0.3) is 10.0 Å². The second-order valence-electron chi connectivity index (χ2n) is 8.73. The molecule has 1 fully saturated rings. The van der Waals surface area contributed by atoms with Gasteiger partial charge >= 0.3 is 0 Å². The predicted molar refractivity (Wildman–Crippen MR) is 146 cm³/mol. The summed E-state index contributed by atoms with van der Waals surface area (Å²) in [6, 6.07) is 19.0. The number of benzene rings is 3. The monoisotopic (exact) mass is 553 g/mol. The summed E-state index contributed by atoms with van der Waals surface area (Å²) in [7, 11) is -4.00. The van der Waals surface area contributed by atoms with E-state index in [1.165, 1.54) is 24.3 Å². The van der Waals surface area contributed by atoms with E-state index in [1.807, 2.05) is 12.1 Å². The van der Waals surface area contributed by atoms with Gasteiger partial charge in [-0.05, 0) is 61.9 Å². The van der Waals surface area contributed by atoms with E-state index >= 15 is 4.39 Å². The average Bonchev–Trinajstić information content (AvgIpc) is 2.91. The van der Waals surface area contributed by atoms with E-state index in [-0.39, 0.29) is 27.4 Å². The molecule has 3 aromatic carbocycles. The molecule has 2 heterocycles. The second kappa shape index (κ2) is 11.3. The van der Waals surface area contributed by atoms with Gasteiger partial charge in [0.05, 0.1) is 16.4 Å². The van der Waals surface area contributed by atoms with Gasteiger partial charge in [-0.2, -0.15) is 0 Å². The standard InChI is InChI=1S/C27H25ClFN5O3S/c28-21-8-2-4-10-26(21)38(35,36)34-18-11-12-25(22(29)16-18)37-24-9-3-1-7-20(24)23-13-15-31-27(33-23)32-19-6-5-14-30-17-19/h1-4,7-13,15-16,19,30,34H,5-6,14,17H2,(H,31,32,33)/t19-/m0/s1. The van der Waals surface area contributed by atoms with Crippen molar-refractivity contribution in [3.63, 3.8) is 0 Å². The van der Waals surface area contributed by atoms with Crippen molar-refractivity contribution in [3.05, 3.63) is 89.8 Å². The summed E-state index contributed by atoms with van der Waals surface area (Å²) >= 11 is 6.02. The molecule has 0 spiro atoms. The van der Waals surface area contributed by atoms with Gasteiger partial charge in [-0.3, -0.25) is 4.72 Å². The molecule has 196 valence electrons. The molecule has 0 unspecified atom stereocenters. The molecule has 0 amide bonds. The topological polar surface area (TPSA) is 105 Å². The van der Waals surface area contributed by atoms with Crippen molar-refractivity contribution in [2.75, 3.05) is 23.1 Å². The number of nitrogens with one attached hydrogen (secondary N) is 3. The van der Waals surface area contributed by atoms with Crippen molar-refractivity contribution < 1.29 is 17.5 Å². The molecule has 0 radical (unpaired) electrons. The zero-order valence-corrected chi connectivity index (χ0v) is 21.8. The molecule has 1 saturated heterocycles. The normalized spacial score (nSPS) is 15.6. The summed E-state index contributed by atoms with van der Waals surface area (Å²) in [5, 5.41) is 6.78. The number of ether oxygens (including phenoxy) is 1. The Labute approximate surface area is 225 Å². The predicted octanol–water partition coefficient (Wildman–Crippen LogP) is 5.69. The molecule has 8 nitrogen and oxygen atoms in total. The van der Waals surface area contributed by atoms with Crippen molar-refractivity contribution in [3.8, 4) is 22.8 Å². The van der Waals surface area contributed by atoms with Crippen LogP contribution in [0.4, 0.5) is 16.0 Å². The summed E-state index contributed by atoms with van der Waals surface area (Å²) in [6.07, 6.45) is 3.78. The third-order valence-electron chi connectivity index (χ3n) is 5.98. The first-order chi connectivity index (χ1) is 18.4. The number of piperidine rings is 1. The van der Waals surface area contributed by atoms with Gasteiger partial charge in [0.15, 0.2) is 11.6 Å². The Balaban J connectivity index is 1.35. The minimum atomic E-state index is -4.00. The molecule has 3 N–H and O–H groups in total. The Hall–Kier alpha value is -3.73. The van der Waals surface area contributed by atoms with Crippen molar-refractivity contribution in [1.29, 1.82) is 0 Å². The number of hydrogen-bond donors (Lipinski definition) is 3. The van der Waals surface area contributed by atoms with Crippen LogP contribution in [0.1, 0.15) is 12.8 Å². The number of rotatable bonds is 8. The van der Waals surface area contributed by atoms with Crippen LogP contribution >= 0.6 is 11.6 Å². The second-order valence-corrected chi connectivity index (χ2v) is 10.8. The maximum atomic E-state index is 15.0. The van der Waals surface area contributed by atoms with Crippen LogP contribution in [0, 0.1) is 5.82 Å². The fourth-order valence-corrected chi connectivity index (χ4v) is 5.71. The fourth-order valence-electron chi connectivity index (χ4n) is 4.14. The van der Waals surface area contributed by atoms with E-state index in [9.17, 15) is 8.42 Å². The minimum absolute atomic E-state index is 0.0340. The van der Waals surface area contributed by atoms with Crippen LogP contribution in [0.15, 0.2) is 83.9 Å². The van der Waals surface area contributed by atoms with Crippen LogP contribution in [-0.4, -0.2) is 37.5 Å². The Bertz CT molecular complexity index is 1550. The number of nitrogens with zero attached hydrogens (tertiary/aromatic N) is 2. The van der Waals surface area contributed by atoms with Gasteiger partial charge in [0.2, 0.25) is 5.95 Å². The lowest BCUT2D eigenvalue weighted by atomic mass is 10.1. The van der Waals surface area contributed by atoms with E-state index in [0.29, 0.717) is 23.0 Å². The molecule has 1 aliphatic heterocycles. The molecule has 11 heteroatoms. The first-order valence-corrected chi connectivity index (χ1v) is 13.9. The van der Waals surface area contributed by atoms with Crippen LogP contribution < -0.4 is 20.1 Å². The summed E-state index contributed by atoms with van der Waals surface area (Å²) < 4.78 is 48.7. The fraction of sp³-hybridized carbons (Fsp3) is 0.185. The molecule has 4 aromatic rings. The van der Waals surface area contributed by atoms with Crippen molar-refractivity contribution in [1.82, 2.24) is 15.3 Å². The van der Waals surface area contributed by atoms with Crippen LogP contribution in [0.5, 0.6) is 11.5 Å². The summed E-state index contributed by atoms with van der Waals surface area (Å²) in [5.41, 5.74) is 1.31. The lowest BCUT2D eigenvalue weighted by Gasteiger charge is -2.23. The molecule has 0 saturated carbocycles. The summed E-state index contributed by atoms with van der Waals surface area (Å²) in [5.74, 6) is 0.0833. The number of para-hydroxylation sites is 1. The number of anilines is 2. The van der Waals surface area contributed by atoms with Crippen LogP contribution in [0.2, 0.25) is 5.02 Å². The highest BCUT2D eigenvalue weighted by Crippen LogP contribution is 2.35. The van der Waals surface area contributed by atoms with E-state index < -0.39 is 15.8 Å². The SMILES string of the molecule is O=S(=O)(Nc1ccc(Oc2ccccc2-c2ccnc(N[C@H]3CCCNC3)n2)c(F)c1)c1ccccc1Cl. The Kier molecular flexibility index (Phi) is 7.73. The molecule has 0 bridgehead atoms. The number of sulfonamides is 1. The Morgan fingerprint density at radius 2 is 1.84 bits per heavy atom. The third-order valence-corrected chi connectivity index (χ3v) is 7.86. The van der Waals surface area contributed by atoms with Crippen molar-refractivity contribution >= 4 is 33.3 Å². The molecule has 0 aliphatic carbocycles. The first-order valence-electron chi connectivity index (χ1n) is 12.0. The van der Waals surface area contributed by atoms with Crippen LogP contribution in [0.25, 0.3) is 11.3 Å². The summed E-state index contributed by atoms with van der Waals surface area (Å²) in [6.45, 7) is 1.85. The number of aromatic nitrogens is 2. The van der Waals surface area contributed by atoms with E-state index in [2.05, 4.69) is 25.3 Å². The quantitative estimate of drug-likeness (QED) is 0.257. The number of hydrogen-bond acceptors (Lipinski definition) is 7. The molecule has 38 heavy (non-hydrogen) atoms. The zero-order valence-electron chi connectivity index (χ0n) is 20.2. The lowest BCUT2D eigenvalue weighted by Crippen LogP contribution is -2.38. The highest BCUT2D eigenvalue weighted by Gasteiger charge is 2.19. The zero-order chi connectivity index (χ0) is 26.5. The van der Waals surface area contributed by atoms with Gasteiger partial charge in [0, 0.05) is 30.4 Å². The summed E-state index contributed by atoms with van der Waals surface area (Å²) in [4.78, 5) is 8.88. The van der Waals surface area contributed by atoms with Crippen LogP contribution in [0.3, 0.4) is 0 Å². The van der Waals surface area contributed by atoms with Crippen molar-refractivity contribution in [2.24, 2.45) is 0 Å². The van der Waals surface area contributed by atoms with E-state index in [0.717, 1.165) is 32.0 Å². The molecular weight excluding hydrogens is 529 g/mol. The Morgan fingerprint density at radius 1 is 1.03 bits per heavy atom. The molecular formula is C27H25ClFN5O3S. The highest BCUT2D eigenvalue weighted by molar-refractivity contribution is 7.92. The smallest absolute Gasteiger partial charge is 0.263 e. The Morgan fingerprint density at radius 3 is 2.63 bits per heavy atom. The van der Waals surface area contributed by atoms with Crippen LogP contribution in [-0.2, 0) is 10.0 Å². The largest absolute Gasteiger partial charge is 0.454 e. The lowest BCUT2D eigenvalue weighted by molar-refractivity contribution is 0.444. The molecule has 1 atom stereocenters. The molecule has 5 rings (SSSR count). The minimum Gasteiger partial charge on any atom is -0.454 e. The first kappa shape index (κ1) is 25.9.